The molecule has 106 valence electrons. The largest absolute Gasteiger partial charge is 0.463 e. The lowest BCUT2D eigenvalue weighted by molar-refractivity contribution is -0.139. The fourth-order valence-electron chi connectivity index (χ4n) is 2.17. The first-order chi connectivity index (χ1) is 9.72. The Morgan fingerprint density at radius 2 is 1.75 bits per heavy atom. The van der Waals surface area contributed by atoms with Gasteiger partial charge < -0.3 is 9.47 Å². The van der Waals surface area contributed by atoms with Gasteiger partial charge in [-0.2, -0.15) is 0 Å². The topological polar surface area (TPSA) is 52.6 Å². The maximum absolute atomic E-state index is 12.0. The number of esters is 2. The van der Waals surface area contributed by atoms with E-state index >= 15 is 0 Å². The number of ether oxygens (including phenoxy) is 2. The van der Waals surface area contributed by atoms with Crippen molar-refractivity contribution in [3.05, 3.63) is 47.2 Å². The molecular formula is C16H18O4. The third-order valence-electron chi connectivity index (χ3n) is 3.16. The van der Waals surface area contributed by atoms with E-state index in [1.54, 1.807) is 31.2 Å². The molecule has 20 heavy (non-hydrogen) atoms. The molecule has 0 unspecified atom stereocenters. The van der Waals surface area contributed by atoms with Crippen LogP contribution in [0.3, 0.4) is 0 Å². The highest BCUT2D eigenvalue weighted by atomic mass is 16.5. The Morgan fingerprint density at radius 1 is 1.05 bits per heavy atom. The van der Waals surface area contributed by atoms with Crippen molar-refractivity contribution in [3.63, 3.8) is 0 Å². The lowest BCUT2D eigenvalue weighted by atomic mass is 9.97. The fraction of sp³-hybridized carbons (Fsp3) is 0.375. The minimum absolute atomic E-state index is 0.322. The molecule has 0 amide bonds. The molecule has 2 rings (SSSR count). The zero-order valence-corrected chi connectivity index (χ0v) is 11.6. The highest BCUT2D eigenvalue weighted by Crippen LogP contribution is 2.27. The molecule has 0 N–H and O–H groups in total. The Kier molecular flexibility index (Phi) is 4.93. The predicted octanol–water partition coefficient (Wildman–Crippen LogP) is 3.23. The Morgan fingerprint density at radius 3 is 2.45 bits per heavy atom. The molecule has 4 nitrogen and oxygen atoms in total. The van der Waals surface area contributed by atoms with E-state index in [0.29, 0.717) is 36.3 Å². The molecule has 0 atom stereocenters. The molecule has 0 fully saturated rings. The van der Waals surface area contributed by atoms with Crippen LogP contribution < -0.4 is 0 Å². The van der Waals surface area contributed by atoms with Crippen molar-refractivity contribution in [3.8, 4) is 0 Å². The van der Waals surface area contributed by atoms with Crippen LogP contribution in [-0.4, -0.2) is 18.5 Å². The summed E-state index contributed by atoms with van der Waals surface area (Å²) >= 11 is 0. The number of hydrogen-bond acceptors (Lipinski definition) is 4. The molecule has 1 aromatic rings. The average molecular weight is 274 g/mol. The van der Waals surface area contributed by atoms with Gasteiger partial charge in [-0.05, 0) is 38.3 Å². The lowest BCUT2D eigenvalue weighted by Gasteiger charge is -2.18. The SMILES string of the molecule is CCOC(=O)C1=C(OC(=O)c2ccccc2)CCCC1. The standard InChI is InChI=1S/C16H18O4/c1-2-19-16(18)13-10-6-7-11-14(13)20-15(17)12-8-4-3-5-9-12/h3-5,8-9H,2,6-7,10-11H2,1H3. The van der Waals surface area contributed by atoms with Crippen molar-refractivity contribution in [2.45, 2.75) is 32.6 Å². The van der Waals surface area contributed by atoms with Gasteiger partial charge in [0.2, 0.25) is 0 Å². The van der Waals surface area contributed by atoms with Crippen LogP contribution >= 0.6 is 0 Å². The second-order valence-corrected chi connectivity index (χ2v) is 4.58. The summed E-state index contributed by atoms with van der Waals surface area (Å²) in [6.45, 7) is 2.08. The first kappa shape index (κ1) is 14.3. The predicted molar refractivity (Wildman–Crippen MR) is 74.0 cm³/mol. The van der Waals surface area contributed by atoms with Gasteiger partial charge in [0.15, 0.2) is 0 Å². The molecule has 0 heterocycles. The van der Waals surface area contributed by atoms with Crippen LogP contribution in [0.4, 0.5) is 0 Å². The van der Waals surface area contributed by atoms with Gasteiger partial charge in [0.05, 0.1) is 17.7 Å². The fourth-order valence-corrected chi connectivity index (χ4v) is 2.17. The molecule has 0 aliphatic heterocycles. The smallest absolute Gasteiger partial charge is 0.343 e. The average Bonchev–Trinajstić information content (AvgIpc) is 2.49. The molecule has 0 aromatic heterocycles. The summed E-state index contributed by atoms with van der Waals surface area (Å²) in [7, 11) is 0. The zero-order valence-electron chi connectivity index (χ0n) is 11.6. The van der Waals surface area contributed by atoms with E-state index in [1.165, 1.54) is 0 Å². The maximum atomic E-state index is 12.0. The molecule has 4 heteroatoms. The number of allylic oxidation sites excluding steroid dienone is 1. The summed E-state index contributed by atoms with van der Waals surface area (Å²) in [4.78, 5) is 23.9. The zero-order chi connectivity index (χ0) is 14.4. The normalized spacial score (nSPS) is 14.8. The van der Waals surface area contributed by atoms with Crippen LogP contribution in [0.5, 0.6) is 0 Å². The molecule has 0 radical (unpaired) electrons. The third kappa shape index (κ3) is 3.47. The van der Waals surface area contributed by atoms with E-state index in [1.807, 2.05) is 6.07 Å². The molecule has 0 saturated carbocycles. The van der Waals surface area contributed by atoms with E-state index in [9.17, 15) is 9.59 Å². The quantitative estimate of drug-likeness (QED) is 0.791. The Labute approximate surface area is 118 Å². The van der Waals surface area contributed by atoms with Crippen LogP contribution in [0, 0.1) is 0 Å². The van der Waals surface area contributed by atoms with E-state index in [-0.39, 0.29) is 5.97 Å². The number of hydrogen-bond donors (Lipinski definition) is 0. The van der Waals surface area contributed by atoms with Crippen LogP contribution in [0.15, 0.2) is 41.7 Å². The van der Waals surface area contributed by atoms with E-state index in [2.05, 4.69) is 0 Å². The summed E-state index contributed by atoms with van der Waals surface area (Å²) in [5.74, 6) is -0.337. The maximum Gasteiger partial charge on any atom is 0.343 e. The molecule has 0 bridgehead atoms. The minimum Gasteiger partial charge on any atom is -0.463 e. The number of benzene rings is 1. The van der Waals surface area contributed by atoms with Crippen LogP contribution in [-0.2, 0) is 14.3 Å². The van der Waals surface area contributed by atoms with E-state index in [0.717, 1.165) is 12.8 Å². The second-order valence-electron chi connectivity index (χ2n) is 4.58. The first-order valence-corrected chi connectivity index (χ1v) is 6.88. The van der Waals surface area contributed by atoms with Crippen molar-refractivity contribution in [1.82, 2.24) is 0 Å². The van der Waals surface area contributed by atoms with Crippen LogP contribution in [0.1, 0.15) is 43.0 Å². The minimum atomic E-state index is -0.427. The summed E-state index contributed by atoms with van der Waals surface area (Å²) in [6, 6.07) is 8.77. The molecule has 0 saturated heterocycles. The lowest BCUT2D eigenvalue weighted by Crippen LogP contribution is -2.17. The highest BCUT2D eigenvalue weighted by Gasteiger charge is 2.23. The number of carbonyl (C=O) groups excluding carboxylic acids is 2. The van der Waals surface area contributed by atoms with Gasteiger partial charge in [-0.1, -0.05) is 18.2 Å². The van der Waals surface area contributed by atoms with Crippen LogP contribution in [0.2, 0.25) is 0 Å². The molecule has 1 aliphatic carbocycles. The van der Waals surface area contributed by atoms with Gasteiger partial charge in [0.1, 0.15) is 5.76 Å². The van der Waals surface area contributed by atoms with Gasteiger partial charge >= 0.3 is 11.9 Å². The number of rotatable bonds is 4. The summed E-state index contributed by atoms with van der Waals surface area (Å²) in [5, 5.41) is 0. The van der Waals surface area contributed by atoms with Crippen molar-refractivity contribution in [1.29, 1.82) is 0 Å². The molecule has 1 aliphatic rings. The Bertz CT molecular complexity index is 517. The van der Waals surface area contributed by atoms with Crippen LogP contribution in [0.25, 0.3) is 0 Å². The number of carbonyl (C=O) groups is 2. The summed E-state index contributed by atoms with van der Waals surface area (Å²) in [6.07, 6.45) is 3.05. The van der Waals surface area contributed by atoms with E-state index in [4.69, 9.17) is 9.47 Å². The van der Waals surface area contributed by atoms with Gasteiger partial charge in [0, 0.05) is 6.42 Å². The summed E-state index contributed by atoms with van der Waals surface area (Å²) in [5.41, 5.74) is 0.983. The van der Waals surface area contributed by atoms with E-state index < -0.39 is 5.97 Å². The monoisotopic (exact) mass is 274 g/mol. The van der Waals surface area contributed by atoms with Gasteiger partial charge in [-0.3, -0.25) is 0 Å². The van der Waals surface area contributed by atoms with Crippen molar-refractivity contribution in [2.75, 3.05) is 6.61 Å². The molecule has 1 aromatic carbocycles. The van der Waals surface area contributed by atoms with Crippen molar-refractivity contribution < 1.29 is 19.1 Å². The Balaban J connectivity index is 2.16. The van der Waals surface area contributed by atoms with Crippen molar-refractivity contribution in [2.24, 2.45) is 0 Å². The summed E-state index contributed by atoms with van der Waals surface area (Å²) < 4.78 is 10.4. The third-order valence-corrected chi connectivity index (χ3v) is 3.16. The Hall–Kier alpha value is -2.10. The molecule has 0 spiro atoms. The van der Waals surface area contributed by atoms with Gasteiger partial charge in [0.25, 0.3) is 0 Å². The first-order valence-electron chi connectivity index (χ1n) is 6.88. The second kappa shape index (κ2) is 6.89. The highest BCUT2D eigenvalue weighted by molar-refractivity contribution is 5.92. The van der Waals surface area contributed by atoms with Gasteiger partial charge in [-0.25, -0.2) is 9.59 Å². The van der Waals surface area contributed by atoms with Crippen molar-refractivity contribution >= 4 is 11.9 Å². The molecular weight excluding hydrogens is 256 g/mol. The van der Waals surface area contributed by atoms with Gasteiger partial charge in [-0.15, -0.1) is 0 Å².